The molecule has 1 aromatic rings. The maximum atomic E-state index is 13.1. The molecule has 1 aliphatic heterocycles. The van der Waals surface area contributed by atoms with Crippen molar-refractivity contribution in [2.24, 2.45) is 17.6 Å². The Morgan fingerprint density at radius 3 is 2.41 bits per heavy atom. The van der Waals surface area contributed by atoms with Crippen molar-refractivity contribution in [3.05, 3.63) is 40.6 Å². The molecule has 0 spiro atoms. The number of allylic oxidation sites excluding steroid dienone is 1. The van der Waals surface area contributed by atoms with Crippen LogP contribution in [0.15, 0.2) is 29.5 Å². The number of nitrogens with zero attached hydrogens (tertiary/aromatic N) is 1. The fourth-order valence-electron chi connectivity index (χ4n) is 5.09. The monoisotopic (exact) mass is 448 g/mol. The van der Waals surface area contributed by atoms with E-state index in [2.05, 4.69) is 5.32 Å². The van der Waals surface area contributed by atoms with E-state index < -0.39 is 30.8 Å². The van der Waals surface area contributed by atoms with Gasteiger partial charge in [0.2, 0.25) is 0 Å². The van der Waals surface area contributed by atoms with Crippen LogP contribution >= 0.6 is 0 Å². The summed E-state index contributed by atoms with van der Waals surface area (Å²) in [6, 6.07) is 2.47. The Bertz CT molecular complexity index is 968. The van der Waals surface area contributed by atoms with Gasteiger partial charge in [-0.3, -0.25) is 4.79 Å². The van der Waals surface area contributed by atoms with Crippen LogP contribution in [0.2, 0.25) is 0 Å². The molecule has 3 aliphatic carbocycles. The van der Waals surface area contributed by atoms with Gasteiger partial charge in [-0.15, -0.1) is 0 Å². The van der Waals surface area contributed by atoms with E-state index in [4.69, 9.17) is 5.73 Å². The van der Waals surface area contributed by atoms with Crippen molar-refractivity contribution in [2.75, 3.05) is 11.9 Å². The van der Waals surface area contributed by atoms with E-state index in [1.165, 1.54) is 4.90 Å². The molecule has 5 rings (SSSR count). The lowest BCUT2D eigenvalue weighted by Gasteiger charge is -2.33. The molecule has 172 valence electrons. The fourth-order valence-corrected chi connectivity index (χ4v) is 5.09. The van der Waals surface area contributed by atoms with Crippen molar-refractivity contribution < 1.29 is 22.8 Å². The smallest absolute Gasteiger partial charge is 0.394 e. The van der Waals surface area contributed by atoms with E-state index in [1.807, 2.05) is 17.4 Å². The van der Waals surface area contributed by atoms with Gasteiger partial charge in [0.1, 0.15) is 6.04 Å². The summed E-state index contributed by atoms with van der Waals surface area (Å²) in [6.45, 7) is -0.392. The number of hydrogen-bond donors (Lipinski definition) is 3. The second-order valence-electron chi connectivity index (χ2n) is 9.39. The summed E-state index contributed by atoms with van der Waals surface area (Å²) in [5.41, 5.74) is 10.1. The van der Waals surface area contributed by atoms with Crippen LogP contribution in [0.3, 0.4) is 0 Å². The molecular formula is C23H27F3N4O2. The number of urea groups is 1. The van der Waals surface area contributed by atoms with E-state index in [1.54, 1.807) is 6.07 Å². The van der Waals surface area contributed by atoms with Gasteiger partial charge in [0.15, 0.2) is 0 Å². The minimum atomic E-state index is -4.47. The molecule has 4 aliphatic rings. The summed E-state index contributed by atoms with van der Waals surface area (Å²) in [5, 5.41) is 4.94. The van der Waals surface area contributed by atoms with Gasteiger partial charge in [0.05, 0.1) is 18.3 Å². The molecule has 9 heteroatoms. The van der Waals surface area contributed by atoms with E-state index in [-0.39, 0.29) is 5.91 Å². The molecule has 1 saturated heterocycles. The summed E-state index contributed by atoms with van der Waals surface area (Å²) in [5.74, 6) is 0.604. The highest BCUT2D eigenvalue weighted by Crippen LogP contribution is 2.49. The molecule has 0 bridgehead atoms. The number of fused-ring (bicyclic) bond motifs is 1. The zero-order chi connectivity index (χ0) is 22.6. The Hall–Kier alpha value is -2.71. The average molecular weight is 448 g/mol. The zero-order valence-electron chi connectivity index (χ0n) is 17.7. The van der Waals surface area contributed by atoms with Crippen molar-refractivity contribution >= 4 is 17.6 Å². The first kappa shape index (κ1) is 21.2. The molecule has 32 heavy (non-hydrogen) atoms. The van der Waals surface area contributed by atoms with Gasteiger partial charge < -0.3 is 21.3 Å². The van der Waals surface area contributed by atoms with Crippen LogP contribution in [-0.2, 0) is 11.2 Å². The lowest BCUT2D eigenvalue weighted by atomic mass is 9.86. The quantitative estimate of drug-likeness (QED) is 0.596. The summed E-state index contributed by atoms with van der Waals surface area (Å²) in [4.78, 5) is 26.3. The molecule has 0 unspecified atom stereocenters. The fraction of sp³-hybridized carbons (Fsp3) is 0.565. The number of hydrogen-bond acceptors (Lipinski definition) is 3. The predicted octanol–water partition coefficient (Wildman–Crippen LogP) is 3.99. The van der Waals surface area contributed by atoms with Crippen LogP contribution in [0.25, 0.3) is 0 Å². The number of amides is 3. The number of aryl methyl sites for hydroxylation is 1. The highest BCUT2D eigenvalue weighted by molar-refractivity contribution is 6.03. The summed E-state index contributed by atoms with van der Waals surface area (Å²) in [6.07, 6.45) is 2.03. The molecule has 0 radical (unpaired) electrons. The first-order chi connectivity index (χ1) is 15.2. The van der Waals surface area contributed by atoms with Gasteiger partial charge in [0, 0.05) is 5.69 Å². The largest absolute Gasteiger partial charge is 0.410 e. The number of nitrogens with two attached hydrogens (primary N) is 1. The second kappa shape index (κ2) is 7.71. The lowest BCUT2D eigenvalue weighted by molar-refractivity contribution is -0.150. The average Bonchev–Trinajstić information content (AvgIpc) is 3.67. The number of carbonyl (C=O) groups is 2. The number of anilines is 1. The van der Waals surface area contributed by atoms with Gasteiger partial charge in [-0.1, -0.05) is 6.07 Å². The van der Waals surface area contributed by atoms with Crippen molar-refractivity contribution in [1.82, 2.24) is 10.2 Å². The van der Waals surface area contributed by atoms with Gasteiger partial charge in [-0.2, -0.15) is 13.2 Å². The van der Waals surface area contributed by atoms with E-state index in [9.17, 15) is 22.8 Å². The van der Waals surface area contributed by atoms with Gasteiger partial charge in [0.25, 0.3) is 5.91 Å². The Labute approximate surface area is 184 Å². The second-order valence-corrected chi connectivity index (χ2v) is 9.39. The maximum absolute atomic E-state index is 13.1. The minimum Gasteiger partial charge on any atom is -0.394 e. The normalized spacial score (nSPS) is 25.2. The van der Waals surface area contributed by atoms with Crippen molar-refractivity contribution in [2.45, 2.75) is 63.2 Å². The van der Waals surface area contributed by atoms with Crippen LogP contribution in [0.5, 0.6) is 0 Å². The van der Waals surface area contributed by atoms with E-state index >= 15 is 0 Å². The van der Waals surface area contributed by atoms with E-state index in [0.717, 1.165) is 55.2 Å². The molecule has 1 heterocycles. The number of benzene rings is 1. The highest BCUT2D eigenvalue weighted by atomic mass is 19.4. The zero-order valence-corrected chi connectivity index (χ0v) is 17.7. The molecule has 3 amide bonds. The Morgan fingerprint density at radius 1 is 1.12 bits per heavy atom. The number of alkyl halides is 3. The van der Waals surface area contributed by atoms with Gasteiger partial charge >= 0.3 is 12.2 Å². The SMILES string of the molecule is NC(C(=O)Nc1ccc2c(c1)CCC[C@H]2N1C[C@@H](C(F)(F)F)NC1=O)=C(C1CC1)C1CC1. The molecule has 6 nitrogen and oxygen atoms in total. The standard InChI is InChI=1S/C23H27F3N4O2/c24-23(25,26)18-11-30(22(32)29-18)17-3-1-2-14-10-15(8-9-16(14)17)28-21(31)20(27)19(12-4-5-12)13-6-7-13/h8-10,12-13,17-18H,1-7,11,27H2,(H,28,31)(H,29,32)/t17-,18+/m1/s1. The summed E-state index contributed by atoms with van der Waals surface area (Å²) >= 11 is 0. The Morgan fingerprint density at radius 2 is 1.81 bits per heavy atom. The molecule has 2 saturated carbocycles. The molecule has 1 aromatic carbocycles. The van der Waals surface area contributed by atoms with Crippen molar-refractivity contribution in [3.8, 4) is 0 Å². The molecule has 3 fully saturated rings. The van der Waals surface area contributed by atoms with Crippen LogP contribution in [0.4, 0.5) is 23.7 Å². The topological polar surface area (TPSA) is 87.5 Å². The van der Waals surface area contributed by atoms with Crippen molar-refractivity contribution in [1.29, 1.82) is 0 Å². The first-order valence-electron chi connectivity index (χ1n) is 11.3. The number of halogens is 3. The third-order valence-corrected chi connectivity index (χ3v) is 6.98. The molecule has 0 aromatic heterocycles. The number of carbonyl (C=O) groups excluding carboxylic acids is 2. The summed E-state index contributed by atoms with van der Waals surface area (Å²) < 4.78 is 39.2. The van der Waals surface area contributed by atoms with Crippen LogP contribution in [0.1, 0.15) is 55.7 Å². The third-order valence-electron chi connectivity index (χ3n) is 6.98. The molecular weight excluding hydrogens is 421 g/mol. The maximum Gasteiger partial charge on any atom is 0.410 e. The molecule has 2 atom stereocenters. The lowest BCUT2D eigenvalue weighted by Crippen LogP contribution is -2.40. The third kappa shape index (κ3) is 4.04. The Kier molecular flexibility index (Phi) is 5.09. The summed E-state index contributed by atoms with van der Waals surface area (Å²) in [7, 11) is 0. The number of rotatable bonds is 5. The Balaban J connectivity index is 1.33. The highest BCUT2D eigenvalue weighted by Gasteiger charge is 2.49. The predicted molar refractivity (Wildman–Crippen MR) is 112 cm³/mol. The van der Waals surface area contributed by atoms with Crippen LogP contribution in [0, 0.1) is 11.8 Å². The van der Waals surface area contributed by atoms with E-state index in [0.29, 0.717) is 29.6 Å². The van der Waals surface area contributed by atoms with Crippen molar-refractivity contribution in [3.63, 3.8) is 0 Å². The minimum absolute atomic E-state index is 0.293. The number of nitrogens with one attached hydrogen (secondary N) is 2. The first-order valence-corrected chi connectivity index (χ1v) is 11.3. The van der Waals surface area contributed by atoms with Crippen LogP contribution < -0.4 is 16.4 Å². The van der Waals surface area contributed by atoms with Gasteiger partial charge in [-0.05, 0) is 85.6 Å². The van der Waals surface area contributed by atoms with Crippen LogP contribution in [-0.4, -0.2) is 35.6 Å². The molecule has 4 N–H and O–H groups in total. The van der Waals surface area contributed by atoms with Gasteiger partial charge in [-0.25, -0.2) is 4.79 Å².